The molecule has 0 bridgehead atoms. The molecule has 3 aromatic rings. The van der Waals surface area contributed by atoms with E-state index in [1.54, 1.807) is 42.5 Å². The van der Waals surface area contributed by atoms with Gasteiger partial charge in [0.1, 0.15) is 0 Å². The van der Waals surface area contributed by atoms with Gasteiger partial charge in [0.25, 0.3) is 11.6 Å². The molecule has 1 N–H and O–H groups in total. The zero-order chi connectivity index (χ0) is 21.8. The second-order valence-corrected chi connectivity index (χ2v) is 8.42. The molecule has 2 aromatic carbocycles. The Morgan fingerprint density at radius 2 is 1.83 bits per heavy atom. The van der Waals surface area contributed by atoms with Crippen LogP contribution in [-0.2, 0) is 0 Å². The third-order valence-electron chi connectivity index (χ3n) is 4.09. The van der Waals surface area contributed by atoms with Crippen molar-refractivity contribution in [3.05, 3.63) is 78.7 Å². The van der Waals surface area contributed by atoms with Crippen LogP contribution in [-0.4, -0.2) is 21.0 Å². The summed E-state index contributed by atoms with van der Waals surface area (Å²) >= 11 is 13.2. The summed E-state index contributed by atoms with van der Waals surface area (Å²) in [5.74, 6) is -0.411. The topological polar surface area (TPSA) is 98.0 Å². The number of amides is 1. The average molecular weight is 463 g/mol. The number of nitro benzene ring substituents is 1. The summed E-state index contributed by atoms with van der Waals surface area (Å²) in [4.78, 5) is 23.3. The van der Waals surface area contributed by atoms with Gasteiger partial charge >= 0.3 is 0 Å². The Bertz CT molecular complexity index is 1130. The van der Waals surface area contributed by atoms with Crippen molar-refractivity contribution in [3.8, 4) is 0 Å². The first-order valence-electron chi connectivity index (χ1n) is 8.81. The SMILES string of the molecule is CC(C)c1ccc(/C=C(\Cl)c2nnc(C(=O)Nc3ccc(Cl)cc3)s2)cc1[N+](=O)[O-]. The Labute approximate surface area is 186 Å². The number of hydrogen-bond acceptors (Lipinski definition) is 6. The normalized spacial score (nSPS) is 11.6. The van der Waals surface area contributed by atoms with E-state index in [1.807, 2.05) is 13.8 Å². The minimum Gasteiger partial charge on any atom is -0.320 e. The first-order valence-corrected chi connectivity index (χ1v) is 10.4. The fourth-order valence-corrected chi connectivity index (χ4v) is 3.69. The number of anilines is 1. The van der Waals surface area contributed by atoms with Crippen molar-refractivity contribution in [2.45, 2.75) is 19.8 Å². The number of nitrogens with zero attached hydrogens (tertiary/aromatic N) is 3. The van der Waals surface area contributed by atoms with Gasteiger partial charge < -0.3 is 5.32 Å². The van der Waals surface area contributed by atoms with E-state index in [9.17, 15) is 14.9 Å². The van der Waals surface area contributed by atoms with Gasteiger partial charge in [0.15, 0.2) is 5.01 Å². The molecule has 0 radical (unpaired) electrons. The number of benzene rings is 2. The molecule has 0 saturated heterocycles. The van der Waals surface area contributed by atoms with Crippen molar-refractivity contribution in [3.63, 3.8) is 0 Å². The monoisotopic (exact) mass is 462 g/mol. The lowest BCUT2D eigenvalue weighted by Crippen LogP contribution is -2.11. The van der Waals surface area contributed by atoms with Crippen LogP contribution in [0.1, 0.15) is 45.7 Å². The zero-order valence-corrected chi connectivity index (χ0v) is 18.3. The van der Waals surface area contributed by atoms with Crippen molar-refractivity contribution >= 4 is 62.9 Å². The molecular formula is C20H16Cl2N4O3S. The molecule has 3 rings (SSSR count). The number of hydrogen-bond donors (Lipinski definition) is 1. The molecule has 0 fully saturated rings. The molecule has 0 aliphatic heterocycles. The van der Waals surface area contributed by atoms with Gasteiger partial charge in [-0.25, -0.2) is 0 Å². The van der Waals surface area contributed by atoms with E-state index in [0.29, 0.717) is 26.8 Å². The summed E-state index contributed by atoms with van der Waals surface area (Å²) in [7, 11) is 0. The maximum absolute atomic E-state index is 12.3. The Morgan fingerprint density at radius 3 is 2.47 bits per heavy atom. The Kier molecular flexibility index (Phi) is 6.81. The van der Waals surface area contributed by atoms with Crippen molar-refractivity contribution in [2.24, 2.45) is 0 Å². The summed E-state index contributed by atoms with van der Waals surface area (Å²) < 4.78 is 0. The van der Waals surface area contributed by atoms with Crippen LogP contribution in [0, 0.1) is 10.1 Å². The Balaban J connectivity index is 1.80. The molecule has 0 aliphatic carbocycles. The van der Waals surface area contributed by atoms with Crippen molar-refractivity contribution < 1.29 is 9.72 Å². The van der Waals surface area contributed by atoms with Gasteiger partial charge in [-0.15, -0.1) is 10.2 Å². The summed E-state index contributed by atoms with van der Waals surface area (Å²) in [5, 5.41) is 23.1. The highest BCUT2D eigenvalue weighted by molar-refractivity contribution is 7.15. The smallest absolute Gasteiger partial charge is 0.286 e. The fraction of sp³-hybridized carbons (Fsp3) is 0.150. The average Bonchev–Trinajstić information content (AvgIpc) is 3.20. The van der Waals surface area contributed by atoms with E-state index in [0.717, 1.165) is 11.3 Å². The molecule has 0 unspecified atom stereocenters. The van der Waals surface area contributed by atoms with Crippen LogP contribution in [0.3, 0.4) is 0 Å². The maximum atomic E-state index is 12.3. The Hall–Kier alpha value is -2.81. The van der Waals surface area contributed by atoms with E-state index in [1.165, 1.54) is 6.07 Å². The van der Waals surface area contributed by atoms with Crippen molar-refractivity contribution in [1.82, 2.24) is 10.2 Å². The third-order valence-corrected chi connectivity index (χ3v) is 5.70. The Morgan fingerprint density at radius 1 is 1.17 bits per heavy atom. The van der Waals surface area contributed by atoms with E-state index in [4.69, 9.17) is 23.2 Å². The van der Waals surface area contributed by atoms with Gasteiger partial charge in [-0.1, -0.05) is 60.5 Å². The fourth-order valence-electron chi connectivity index (χ4n) is 2.63. The second-order valence-electron chi connectivity index (χ2n) is 6.60. The molecule has 0 spiro atoms. The molecule has 30 heavy (non-hydrogen) atoms. The second kappa shape index (κ2) is 9.34. The van der Waals surface area contributed by atoms with Crippen LogP contribution in [0.5, 0.6) is 0 Å². The molecule has 154 valence electrons. The quantitative estimate of drug-likeness (QED) is 0.346. The molecular weight excluding hydrogens is 447 g/mol. The minimum absolute atomic E-state index is 0.0174. The van der Waals surface area contributed by atoms with Crippen molar-refractivity contribution in [2.75, 3.05) is 5.32 Å². The highest BCUT2D eigenvalue weighted by atomic mass is 35.5. The van der Waals surface area contributed by atoms with Crippen LogP contribution >= 0.6 is 34.5 Å². The van der Waals surface area contributed by atoms with Gasteiger partial charge in [0.2, 0.25) is 5.01 Å². The number of aromatic nitrogens is 2. The lowest BCUT2D eigenvalue weighted by atomic mass is 9.99. The third kappa shape index (κ3) is 5.21. The molecule has 0 atom stereocenters. The number of rotatable bonds is 6. The standard InChI is InChI=1S/C20H16Cl2N4O3S/c1-11(2)15-8-3-12(10-17(15)26(28)29)9-16(22)19-24-25-20(30-19)18(27)23-14-6-4-13(21)5-7-14/h3-11H,1-2H3,(H,23,27)/b16-9-. The number of carbonyl (C=O) groups is 1. The van der Waals surface area contributed by atoms with Crippen LogP contribution in [0.4, 0.5) is 11.4 Å². The minimum atomic E-state index is -0.428. The molecule has 7 nitrogen and oxygen atoms in total. The maximum Gasteiger partial charge on any atom is 0.286 e. The first-order chi connectivity index (χ1) is 14.2. The van der Waals surface area contributed by atoms with E-state index < -0.39 is 10.8 Å². The largest absolute Gasteiger partial charge is 0.320 e. The van der Waals surface area contributed by atoms with E-state index >= 15 is 0 Å². The van der Waals surface area contributed by atoms with Crippen LogP contribution in [0.2, 0.25) is 5.02 Å². The molecule has 10 heteroatoms. The van der Waals surface area contributed by atoms with Crippen LogP contribution < -0.4 is 5.32 Å². The van der Waals surface area contributed by atoms with Gasteiger partial charge in [0.05, 0.1) is 9.96 Å². The molecule has 1 amide bonds. The first kappa shape index (κ1) is 21.9. The number of nitrogens with one attached hydrogen (secondary N) is 1. The number of halogens is 2. The predicted molar refractivity (Wildman–Crippen MR) is 120 cm³/mol. The molecule has 1 aromatic heterocycles. The predicted octanol–water partition coefficient (Wildman–Crippen LogP) is 6.21. The van der Waals surface area contributed by atoms with Crippen LogP contribution in [0.15, 0.2) is 42.5 Å². The van der Waals surface area contributed by atoms with Gasteiger partial charge in [-0.2, -0.15) is 0 Å². The summed E-state index contributed by atoms with van der Waals surface area (Å²) in [6.45, 7) is 3.78. The van der Waals surface area contributed by atoms with E-state index in [2.05, 4.69) is 15.5 Å². The highest BCUT2D eigenvalue weighted by Gasteiger charge is 2.18. The van der Waals surface area contributed by atoms with Gasteiger partial charge in [-0.3, -0.25) is 14.9 Å². The van der Waals surface area contributed by atoms with Crippen LogP contribution in [0.25, 0.3) is 11.1 Å². The zero-order valence-electron chi connectivity index (χ0n) is 15.9. The van der Waals surface area contributed by atoms with Gasteiger partial charge in [-0.05, 0) is 41.8 Å². The molecule has 0 saturated carbocycles. The van der Waals surface area contributed by atoms with Gasteiger partial charge in [0, 0.05) is 22.3 Å². The summed E-state index contributed by atoms with van der Waals surface area (Å²) in [6, 6.07) is 11.6. The summed E-state index contributed by atoms with van der Waals surface area (Å²) in [6.07, 6.45) is 1.56. The number of nitro groups is 1. The lowest BCUT2D eigenvalue weighted by molar-refractivity contribution is -0.385. The number of carbonyl (C=O) groups excluding carboxylic acids is 1. The highest BCUT2D eigenvalue weighted by Crippen LogP contribution is 2.30. The lowest BCUT2D eigenvalue weighted by Gasteiger charge is -2.07. The van der Waals surface area contributed by atoms with Crippen molar-refractivity contribution in [1.29, 1.82) is 0 Å². The van der Waals surface area contributed by atoms with E-state index in [-0.39, 0.29) is 21.6 Å². The molecule has 0 aliphatic rings. The summed E-state index contributed by atoms with van der Waals surface area (Å²) in [5.41, 5.74) is 1.80. The molecule has 1 heterocycles.